The van der Waals surface area contributed by atoms with Crippen LogP contribution in [0.4, 0.5) is 0 Å². The molecule has 0 spiro atoms. The minimum atomic E-state index is -0.750. The molecule has 0 atom stereocenters. The summed E-state index contributed by atoms with van der Waals surface area (Å²) in [6.07, 6.45) is 0. The van der Waals surface area contributed by atoms with Crippen LogP contribution in [0.1, 0.15) is 0 Å². The van der Waals surface area contributed by atoms with Gasteiger partial charge in [0.2, 0.25) is 0 Å². The van der Waals surface area contributed by atoms with Crippen LogP contribution >= 0.6 is 34.8 Å². The van der Waals surface area contributed by atoms with E-state index < -0.39 is 4.30 Å². The third-order valence-electron chi connectivity index (χ3n) is 0.843. The first kappa shape index (κ1) is 12.0. The second-order valence-electron chi connectivity index (χ2n) is 1.73. The van der Waals surface area contributed by atoms with Crippen molar-refractivity contribution >= 4 is 37.9 Å². The number of alkyl halides is 3. The summed E-state index contributed by atoms with van der Waals surface area (Å²) in [6.45, 7) is 0. The molecule has 0 radical (unpaired) electrons. The van der Waals surface area contributed by atoms with Gasteiger partial charge in [-0.1, -0.05) is 34.8 Å². The molecule has 0 aliphatic heterocycles. The SMILES string of the molecule is ClC(Cl)Cl.[Hg][c]1ccccc1. The van der Waals surface area contributed by atoms with Crippen molar-refractivity contribution in [2.24, 2.45) is 0 Å². The average Bonchev–Trinajstić information content (AvgIpc) is 1.87. The van der Waals surface area contributed by atoms with Crippen molar-refractivity contribution in [3.05, 3.63) is 30.3 Å². The second-order valence-corrected chi connectivity index (χ2v) is 6.89. The maximum atomic E-state index is 4.81. The quantitative estimate of drug-likeness (QED) is 0.467. The zero-order valence-corrected chi connectivity index (χ0v) is 13.6. The molecule has 1 rings (SSSR count). The van der Waals surface area contributed by atoms with E-state index in [4.69, 9.17) is 34.8 Å². The Balaban J connectivity index is 0.000000218. The number of hydrogen-bond donors (Lipinski definition) is 0. The van der Waals surface area contributed by atoms with Crippen molar-refractivity contribution in [1.82, 2.24) is 0 Å². The van der Waals surface area contributed by atoms with Crippen molar-refractivity contribution in [3.63, 3.8) is 0 Å². The molecule has 1 aromatic rings. The van der Waals surface area contributed by atoms with Crippen LogP contribution in [0, 0.1) is 0 Å². The van der Waals surface area contributed by atoms with Gasteiger partial charge in [0.15, 0.2) is 4.30 Å². The molecular formula is C7H6Cl3Hg. The van der Waals surface area contributed by atoms with Crippen molar-refractivity contribution in [3.8, 4) is 0 Å². The van der Waals surface area contributed by atoms with E-state index >= 15 is 0 Å². The molecule has 0 unspecified atom stereocenters. The molecule has 0 nitrogen and oxygen atoms in total. The minimum absolute atomic E-state index is 0.750. The van der Waals surface area contributed by atoms with Crippen LogP contribution in [0.2, 0.25) is 0 Å². The summed E-state index contributed by atoms with van der Waals surface area (Å²) in [4.78, 5) is 0. The average molecular weight is 397 g/mol. The van der Waals surface area contributed by atoms with E-state index in [-0.39, 0.29) is 0 Å². The van der Waals surface area contributed by atoms with Gasteiger partial charge in [0.25, 0.3) is 0 Å². The van der Waals surface area contributed by atoms with Crippen molar-refractivity contribution in [2.75, 3.05) is 0 Å². The monoisotopic (exact) mass is 397 g/mol. The first-order valence-electron chi connectivity index (χ1n) is 2.92. The van der Waals surface area contributed by atoms with Gasteiger partial charge in [-0.05, 0) is 0 Å². The summed E-state index contributed by atoms with van der Waals surface area (Å²) < 4.78 is 0.766. The van der Waals surface area contributed by atoms with E-state index in [1.54, 1.807) is 0 Å². The molecule has 0 saturated carbocycles. The van der Waals surface area contributed by atoms with E-state index in [1.807, 2.05) is 0 Å². The Morgan fingerprint density at radius 1 is 1.00 bits per heavy atom. The molecule has 1 aromatic carbocycles. The molecule has 0 fully saturated rings. The Labute approximate surface area is 97.8 Å². The van der Waals surface area contributed by atoms with Crippen LogP contribution in [0.3, 0.4) is 0 Å². The fourth-order valence-corrected chi connectivity index (χ4v) is 1.54. The predicted octanol–water partition coefficient (Wildman–Crippen LogP) is 2.85. The van der Waals surface area contributed by atoms with E-state index in [2.05, 4.69) is 30.3 Å². The Bertz CT molecular complexity index is 174. The first-order valence-corrected chi connectivity index (χ1v) is 6.98. The zero-order valence-electron chi connectivity index (χ0n) is 5.81. The third kappa shape index (κ3) is 11.0. The van der Waals surface area contributed by atoms with Gasteiger partial charge < -0.3 is 0 Å². The Kier molecular flexibility index (Phi) is 8.38. The van der Waals surface area contributed by atoms with Crippen molar-refractivity contribution in [1.29, 1.82) is 0 Å². The van der Waals surface area contributed by atoms with Crippen molar-refractivity contribution in [2.45, 2.75) is 4.30 Å². The molecule has 0 aromatic heterocycles. The Morgan fingerprint density at radius 3 is 1.55 bits per heavy atom. The van der Waals surface area contributed by atoms with E-state index in [0.717, 1.165) is 26.1 Å². The van der Waals surface area contributed by atoms with E-state index in [1.165, 1.54) is 3.07 Å². The van der Waals surface area contributed by atoms with Gasteiger partial charge in [-0.3, -0.25) is 0 Å². The standard InChI is InChI=1S/C6H5.CHCl3.Hg/c1-2-4-6-5-3-1;2-1(3)4;/h1-5H;1H;. The number of halogens is 3. The summed E-state index contributed by atoms with van der Waals surface area (Å²) in [5, 5.41) is 0. The molecule has 0 N–H and O–H groups in total. The van der Waals surface area contributed by atoms with Gasteiger partial charge in [-0.15, -0.1) is 0 Å². The Hall–Kier alpha value is 1.03. The molecule has 0 bridgehead atoms. The third-order valence-corrected chi connectivity index (χ3v) is 2.68. The van der Waals surface area contributed by atoms with E-state index in [0.29, 0.717) is 0 Å². The summed E-state index contributed by atoms with van der Waals surface area (Å²) in [5.74, 6) is 0. The fourth-order valence-electron chi connectivity index (χ4n) is 0.478. The van der Waals surface area contributed by atoms with Gasteiger partial charge in [0.05, 0.1) is 0 Å². The molecule has 0 amide bonds. The van der Waals surface area contributed by atoms with Crippen LogP contribution in [0.5, 0.6) is 0 Å². The van der Waals surface area contributed by atoms with Crippen LogP contribution in [-0.4, -0.2) is 4.30 Å². The second kappa shape index (κ2) is 7.66. The van der Waals surface area contributed by atoms with Crippen LogP contribution < -0.4 is 3.07 Å². The van der Waals surface area contributed by atoms with Gasteiger partial charge in [-0.2, -0.15) is 0 Å². The van der Waals surface area contributed by atoms with Gasteiger partial charge in [0.1, 0.15) is 0 Å². The van der Waals surface area contributed by atoms with Crippen LogP contribution in [0.15, 0.2) is 30.3 Å². The molecular weight excluding hydrogens is 391 g/mol. The van der Waals surface area contributed by atoms with Gasteiger partial charge >= 0.3 is 59.5 Å². The summed E-state index contributed by atoms with van der Waals surface area (Å²) >= 11 is 15.2. The van der Waals surface area contributed by atoms with Gasteiger partial charge in [-0.25, -0.2) is 0 Å². The molecule has 0 aliphatic rings. The fraction of sp³-hybridized carbons (Fsp3) is 0.143. The maximum absolute atomic E-state index is 4.81. The van der Waals surface area contributed by atoms with Gasteiger partial charge in [0, 0.05) is 0 Å². The normalized spacial score (nSPS) is 8.91. The molecule has 57 valence electrons. The Morgan fingerprint density at radius 2 is 1.36 bits per heavy atom. The molecule has 0 aliphatic carbocycles. The number of hydrogen-bond acceptors (Lipinski definition) is 0. The number of rotatable bonds is 0. The molecule has 4 heteroatoms. The van der Waals surface area contributed by atoms with E-state index in [9.17, 15) is 0 Å². The summed E-state index contributed by atoms with van der Waals surface area (Å²) in [6, 6.07) is 10.6. The molecule has 0 saturated heterocycles. The number of benzene rings is 1. The van der Waals surface area contributed by atoms with Crippen molar-refractivity contribution < 1.29 is 26.1 Å². The van der Waals surface area contributed by atoms with Crippen LogP contribution in [0.25, 0.3) is 0 Å². The summed E-state index contributed by atoms with van der Waals surface area (Å²) in [5.41, 5.74) is 0. The molecule has 0 heterocycles. The topological polar surface area (TPSA) is 0 Å². The first-order chi connectivity index (χ1) is 5.13. The zero-order chi connectivity index (χ0) is 8.69. The summed E-state index contributed by atoms with van der Waals surface area (Å²) in [7, 11) is 0. The van der Waals surface area contributed by atoms with Crippen LogP contribution in [-0.2, 0) is 26.1 Å². The predicted molar refractivity (Wildman–Crippen MR) is 47.4 cm³/mol. The molecule has 11 heavy (non-hydrogen) atoms.